The van der Waals surface area contributed by atoms with Crippen LogP contribution in [0.15, 0.2) is 55.1 Å². The Balaban J connectivity index is 1.73. The zero-order valence-corrected chi connectivity index (χ0v) is 20.3. The van der Waals surface area contributed by atoms with Crippen molar-refractivity contribution in [3.8, 4) is 5.75 Å². The second-order valence-electron chi connectivity index (χ2n) is 8.84. The molecule has 9 heteroatoms. The summed E-state index contributed by atoms with van der Waals surface area (Å²) in [5, 5.41) is 3.27. The first-order valence-corrected chi connectivity index (χ1v) is 11.6. The van der Waals surface area contributed by atoms with Crippen LogP contribution in [-0.4, -0.2) is 73.8 Å². The van der Waals surface area contributed by atoms with E-state index in [1.54, 1.807) is 17.0 Å². The number of anilines is 1. The number of halogens is 3. The lowest BCUT2D eigenvalue weighted by atomic mass is 9.98. The maximum Gasteiger partial charge on any atom is 0.573 e. The van der Waals surface area contributed by atoms with Crippen LogP contribution in [0, 0.1) is 0 Å². The number of nitrogens with one attached hydrogen (secondary N) is 1. The van der Waals surface area contributed by atoms with Crippen molar-refractivity contribution in [2.45, 2.75) is 25.9 Å². The molecule has 0 aliphatic carbocycles. The maximum atomic E-state index is 13.2. The highest BCUT2D eigenvalue weighted by Crippen LogP contribution is 2.28. The normalized spacial score (nSPS) is 13.9. The number of nitrogens with zero attached hydrogens (tertiary/aromatic N) is 3. The Bertz CT molecular complexity index is 1010. The van der Waals surface area contributed by atoms with Crippen molar-refractivity contribution in [3.63, 3.8) is 0 Å². The van der Waals surface area contributed by atoms with E-state index in [1.807, 2.05) is 37.2 Å². The molecule has 6 nitrogen and oxygen atoms in total. The molecule has 1 aliphatic rings. The molecule has 0 atom stereocenters. The number of benzene rings is 2. The Morgan fingerprint density at radius 1 is 1.17 bits per heavy atom. The molecule has 0 spiro atoms. The summed E-state index contributed by atoms with van der Waals surface area (Å²) >= 11 is 0. The van der Waals surface area contributed by atoms with E-state index in [4.69, 9.17) is 0 Å². The smallest absolute Gasteiger partial charge is 0.405 e. The van der Waals surface area contributed by atoms with Crippen molar-refractivity contribution >= 4 is 11.6 Å². The molecule has 1 amide bonds. The topological polar surface area (TPSA) is 48.1 Å². The number of fused-ring (bicyclic) bond motifs is 1. The Morgan fingerprint density at radius 3 is 2.66 bits per heavy atom. The molecule has 0 aromatic heterocycles. The average Bonchev–Trinajstić information content (AvgIpc) is 2.80. The van der Waals surface area contributed by atoms with E-state index in [-0.39, 0.29) is 24.7 Å². The number of alkyl halides is 3. The van der Waals surface area contributed by atoms with Crippen molar-refractivity contribution in [1.29, 1.82) is 0 Å². The van der Waals surface area contributed by atoms with E-state index in [0.717, 1.165) is 37.3 Å². The zero-order chi connectivity index (χ0) is 25.4. The Labute approximate surface area is 205 Å². The van der Waals surface area contributed by atoms with Gasteiger partial charge in [-0.2, -0.15) is 0 Å². The van der Waals surface area contributed by atoms with Gasteiger partial charge in [-0.05, 0) is 43.8 Å². The maximum absolute atomic E-state index is 13.2. The van der Waals surface area contributed by atoms with Gasteiger partial charge in [-0.15, -0.1) is 19.8 Å². The van der Waals surface area contributed by atoms with Gasteiger partial charge in [-0.3, -0.25) is 9.69 Å². The number of carbonyl (C=O) groups excluding carboxylic acids is 1. The van der Waals surface area contributed by atoms with Crippen LogP contribution < -0.4 is 10.1 Å². The summed E-state index contributed by atoms with van der Waals surface area (Å²) < 4.78 is 42.8. The molecular formula is C26H33F3N4O2. The molecule has 0 unspecified atom stereocenters. The van der Waals surface area contributed by atoms with Gasteiger partial charge in [-0.25, -0.2) is 0 Å². The number of hydrogen-bond donors (Lipinski definition) is 1. The van der Waals surface area contributed by atoms with Gasteiger partial charge >= 0.3 is 6.36 Å². The molecule has 1 aliphatic heterocycles. The van der Waals surface area contributed by atoms with Crippen LogP contribution in [0.5, 0.6) is 5.75 Å². The third-order valence-corrected chi connectivity index (χ3v) is 5.90. The van der Waals surface area contributed by atoms with Crippen LogP contribution in [0.2, 0.25) is 0 Å². The third-order valence-electron chi connectivity index (χ3n) is 5.90. The number of hydrogen-bond acceptors (Lipinski definition) is 5. The summed E-state index contributed by atoms with van der Waals surface area (Å²) in [6, 6.07) is 12.0. The van der Waals surface area contributed by atoms with Gasteiger partial charge in [-0.1, -0.05) is 36.4 Å². The summed E-state index contributed by atoms with van der Waals surface area (Å²) in [7, 11) is 3.76. The second kappa shape index (κ2) is 12.1. The molecule has 0 bridgehead atoms. The van der Waals surface area contributed by atoms with Crippen molar-refractivity contribution < 1.29 is 22.7 Å². The van der Waals surface area contributed by atoms with E-state index >= 15 is 0 Å². The number of carbonyl (C=O) groups is 1. The van der Waals surface area contributed by atoms with Gasteiger partial charge in [0.15, 0.2) is 0 Å². The predicted molar refractivity (Wildman–Crippen MR) is 131 cm³/mol. The fourth-order valence-electron chi connectivity index (χ4n) is 4.10. The molecule has 3 rings (SSSR count). The molecule has 0 saturated heterocycles. The lowest BCUT2D eigenvalue weighted by Crippen LogP contribution is -2.39. The number of para-hydroxylation sites is 1. The monoisotopic (exact) mass is 490 g/mol. The minimum Gasteiger partial charge on any atom is -0.405 e. The summed E-state index contributed by atoms with van der Waals surface area (Å²) in [4.78, 5) is 19.0. The van der Waals surface area contributed by atoms with E-state index < -0.39 is 6.36 Å². The van der Waals surface area contributed by atoms with Crippen molar-refractivity contribution in [2.75, 3.05) is 52.1 Å². The summed E-state index contributed by atoms with van der Waals surface area (Å²) in [6.07, 6.45) is -1.99. The number of amides is 1. The molecule has 2 aromatic carbocycles. The van der Waals surface area contributed by atoms with Crippen molar-refractivity contribution in [1.82, 2.24) is 14.7 Å². The summed E-state index contributed by atoms with van der Waals surface area (Å²) in [6.45, 7) is 7.34. The Kier molecular flexibility index (Phi) is 9.17. The minimum atomic E-state index is -4.80. The molecule has 1 heterocycles. The molecule has 0 radical (unpaired) electrons. The third kappa shape index (κ3) is 8.00. The van der Waals surface area contributed by atoms with Crippen LogP contribution in [0.4, 0.5) is 18.9 Å². The fourth-order valence-corrected chi connectivity index (χ4v) is 4.10. The lowest BCUT2D eigenvalue weighted by Gasteiger charge is -2.30. The lowest BCUT2D eigenvalue weighted by molar-refractivity contribution is -0.275. The van der Waals surface area contributed by atoms with Crippen molar-refractivity contribution in [3.05, 3.63) is 71.8 Å². The minimum absolute atomic E-state index is 0.0145. The molecule has 190 valence electrons. The number of rotatable bonds is 11. The number of likely N-dealkylation sites (N-methyl/N-ethyl adjacent to an activating group) is 1. The first kappa shape index (κ1) is 26.6. The van der Waals surface area contributed by atoms with Gasteiger partial charge in [0.1, 0.15) is 5.75 Å². The van der Waals surface area contributed by atoms with Crippen LogP contribution in [0.25, 0.3) is 0 Å². The van der Waals surface area contributed by atoms with Crippen LogP contribution in [0.1, 0.15) is 16.7 Å². The predicted octanol–water partition coefficient (Wildman–Crippen LogP) is 4.13. The van der Waals surface area contributed by atoms with E-state index in [1.165, 1.54) is 17.7 Å². The van der Waals surface area contributed by atoms with Crippen LogP contribution in [-0.2, 0) is 24.3 Å². The highest BCUT2D eigenvalue weighted by molar-refractivity contribution is 5.81. The van der Waals surface area contributed by atoms with Gasteiger partial charge in [0, 0.05) is 50.5 Å². The largest absolute Gasteiger partial charge is 0.573 e. The molecule has 2 aromatic rings. The molecular weight excluding hydrogens is 457 g/mol. The molecule has 0 fully saturated rings. The van der Waals surface area contributed by atoms with Gasteiger partial charge in [0.25, 0.3) is 0 Å². The quantitative estimate of drug-likeness (QED) is 0.480. The van der Waals surface area contributed by atoms with Gasteiger partial charge in [0.2, 0.25) is 5.91 Å². The summed E-state index contributed by atoms with van der Waals surface area (Å²) in [5.41, 5.74) is 3.62. The van der Waals surface area contributed by atoms with Crippen LogP contribution in [0.3, 0.4) is 0 Å². The zero-order valence-electron chi connectivity index (χ0n) is 20.3. The average molecular weight is 491 g/mol. The highest BCUT2D eigenvalue weighted by atomic mass is 19.4. The second-order valence-corrected chi connectivity index (χ2v) is 8.84. The van der Waals surface area contributed by atoms with E-state index in [9.17, 15) is 18.0 Å². The van der Waals surface area contributed by atoms with Gasteiger partial charge < -0.3 is 19.9 Å². The fraction of sp³-hybridized carbons (Fsp3) is 0.423. The molecule has 1 N–H and O–H groups in total. The van der Waals surface area contributed by atoms with Crippen molar-refractivity contribution in [2.24, 2.45) is 0 Å². The van der Waals surface area contributed by atoms with Gasteiger partial charge in [0.05, 0.1) is 6.54 Å². The molecule has 35 heavy (non-hydrogen) atoms. The first-order valence-electron chi connectivity index (χ1n) is 11.6. The highest BCUT2D eigenvalue weighted by Gasteiger charge is 2.32. The molecule has 0 saturated carbocycles. The SMILES string of the molecule is C=CCN1CCc2cccc(NCC(=O)N(CCN(C)C)Cc3ccccc3OC(F)(F)F)c2C1. The van der Waals surface area contributed by atoms with E-state index in [0.29, 0.717) is 18.7 Å². The Morgan fingerprint density at radius 2 is 1.94 bits per heavy atom. The summed E-state index contributed by atoms with van der Waals surface area (Å²) in [5.74, 6) is -0.500. The van der Waals surface area contributed by atoms with Crippen LogP contribution >= 0.6 is 0 Å². The first-order chi connectivity index (χ1) is 16.7. The Hall–Kier alpha value is -3.04. The number of ether oxygens (including phenoxy) is 1. The standard InChI is InChI=1S/C26H33F3N4O2/c1-4-13-32-14-12-20-9-7-10-23(22(20)19-32)30-17-25(34)33(16-15-31(2)3)18-21-8-5-6-11-24(21)35-26(27,28)29/h4-11,30H,1,12-19H2,2-3H3. The van der Waals surface area contributed by atoms with E-state index in [2.05, 4.69) is 27.6 Å².